The van der Waals surface area contributed by atoms with Crippen molar-refractivity contribution in [3.63, 3.8) is 0 Å². The molecule has 26 heavy (non-hydrogen) atoms. The van der Waals surface area contributed by atoms with Gasteiger partial charge in [0.05, 0.1) is 12.8 Å². The van der Waals surface area contributed by atoms with E-state index in [0.717, 1.165) is 21.7 Å². The zero-order valence-corrected chi connectivity index (χ0v) is 15.8. The van der Waals surface area contributed by atoms with Gasteiger partial charge in [-0.05, 0) is 31.5 Å². The van der Waals surface area contributed by atoms with Gasteiger partial charge in [0.1, 0.15) is 0 Å². The Morgan fingerprint density at radius 2 is 1.77 bits per heavy atom. The van der Waals surface area contributed by atoms with Crippen molar-refractivity contribution in [2.75, 3.05) is 18.1 Å². The highest BCUT2D eigenvalue weighted by Crippen LogP contribution is 2.13. The van der Waals surface area contributed by atoms with Crippen LogP contribution in [0.1, 0.15) is 28.4 Å². The minimum atomic E-state index is -3.57. The van der Waals surface area contributed by atoms with Gasteiger partial charge in [-0.1, -0.05) is 42.0 Å². The van der Waals surface area contributed by atoms with Crippen LogP contribution in [-0.4, -0.2) is 37.2 Å². The number of carbonyl (C=O) groups excluding carboxylic acids is 2. The third-order valence-corrected chi connectivity index (χ3v) is 4.98. The molecule has 0 atom stereocenters. The number of rotatable bonds is 7. The molecule has 6 nitrogen and oxygen atoms in total. The van der Waals surface area contributed by atoms with E-state index in [1.165, 1.54) is 6.92 Å². The summed E-state index contributed by atoms with van der Waals surface area (Å²) >= 11 is 0. The topological polar surface area (TPSA) is 83.6 Å². The normalized spacial score (nSPS) is 11.4. The number of benzene rings is 2. The second-order valence-electron chi connectivity index (χ2n) is 6.21. The average molecular weight is 374 g/mol. The predicted molar refractivity (Wildman–Crippen MR) is 102 cm³/mol. The molecule has 0 aliphatic rings. The fourth-order valence-corrected chi connectivity index (χ4v) is 3.22. The number of anilines is 1. The van der Waals surface area contributed by atoms with E-state index in [9.17, 15) is 18.0 Å². The molecular formula is C19H22N2O4S. The molecule has 7 heteroatoms. The standard InChI is InChI=1S/C19H22N2O4S/c1-14-6-4-7-16(10-14)12-21(26(3,24)25)13-19(23)20-18-9-5-8-17(11-18)15(2)22/h4-11H,12-13H2,1-3H3,(H,20,23). The second-order valence-corrected chi connectivity index (χ2v) is 8.19. The Morgan fingerprint density at radius 3 is 2.38 bits per heavy atom. The van der Waals surface area contributed by atoms with Crippen molar-refractivity contribution in [3.05, 3.63) is 65.2 Å². The third-order valence-electron chi connectivity index (χ3n) is 3.78. The first-order valence-electron chi connectivity index (χ1n) is 8.06. The number of aryl methyl sites for hydroxylation is 1. The van der Waals surface area contributed by atoms with Crippen molar-refractivity contribution in [2.24, 2.45) is 0 Å². The van der Waals surface area contributed by atoms with Gasteiger partial charge in [-0.25, -0.2) is 8.42 Å². The zero-order chi connectivity index (χ0) is 19.3. The van der Waals surface area contributed by atoms with Crippen LogP contribution in [0.5, 0.6) is 0 Å². The molecule has 1 amide bonds. The van der Waals surface area contributed by atoms with Crippen LogP contribution in [0.25, 0.3) is 0 Å². The lowest BCUT2D eigenvalue weighted by Crippen LogP contribution is -2.36. The summed E-state index contributed by atoms with van der Waals surface area (Å²) in [5, 5.41) is 2.64. The van der Waals surface area contributed by atoms with Gasteiger partial charge in [-0.3, -0.25) is 9.59 Å². The molecule has 138 valence electrons. The highest BCUT2D eigenvalue weighted by molar-refractivity contribution is 7.88. The average Bonchev–Trinajstić information content (AvgIpc) is 2.53. The van der Waals surface area contributed by atoms with Crippen LogP contribution in [0.3, 0.4) is 0 Å². The minimum Gasteiger partial charge on any atom is -0.325 e. The molecule has 2 aromatic rings. The van der Waals surface area contributed by atoms with Crippen molar-refractivity contribution in [1.29, 1.82) is 0 Å². The van der Waals surface area contributed by atoms with Crippen molar-refractivity contribution in [2.45, 2.75) is 20.4 Å². The van der Waals surface area contributed by atoms with Gasteiger partial charge in [-0.15, -0.1) is 0 Å². The Hall–Kier alpha value is -2.51. The molecule has 2 aromatic carbocycles. The van der Waals surface area contributed by atoms with E-state index in [1.807, 2.05) is 31.2 Å². The molecule has 0 aromatic heterocycles. The summed E-state index contributed by atoms with van der Waals surface area (Å²) in [7, 11) is -3.57. The first kappa shape index (κ1) is 19.8. The lowest BCUT2D eigenvalue weighted by atomic mass is 10.1. The molecule has 1 N–H and O–H groups in total. The van der Waals surface area contributed by atoms with Gasteiger partial charge in [-0.2, -0.15) is 4.31 Å². The Morgan fingerprint density at radius 1 is 1.08 bits per heavy atom. The van der Waals surface area contributed by atoms with E-state index in [0.29, 0.717) is 11.3 Å². The summed E-state index contributed by atoms with van der Waals surface area (Å²) in [6.45, 7) is 3.16. The molecule has 2 rings (SSSR count). The highest BCUT2D eigenvalue weighted by Gasteiger charge is 2.20. The Balaban J connectivity index is 2.12. The number of nitrogens with one attached hydrogen (secondary N) is 1. The fourth-order valence-electron chi connectivity index (χ4n) is 2.48. The van der Waals surface area contributed by atoms with Crippen molar-refractivity contribution >= 4 is 27.4 Å². The number of sulfonamides is 1. The van der Waals surface area contributed by atoms with Gasteiger partial charge in [0, 0.05) is 17.8 Å². The van der Waals surface area contributed by atoms with Gasteiger partial charge in [0.2, 0.25) is 15.9 Å². The van der Waals surface area contributed by atoms with Gasteiger partial charge in [0.15, 0.2) is 5.78 Å². The fraction of sp³-hybridized carbons (Fsp3) is 0.263. The van der Waals surface area contributed by atoms with E-state index in [4.69, 9.17) is 0 Å². The van der Waals surface area contributed by atoms with Crippen LogP contribution in [0.4, 0.5) is 5.69 Å². The number of ketones is 1. The number of hydrogen-bond donors (Lipinski definition) is 1. The summed E-state index contributed by atoms with van der Waals surface area (Å²) in [5.74, 6) is -0.581. The summed E-state index contributed by atoms with van der Waals surface area (Å²) in [5.41, 5.74) is 2.75. The van der Waals surface area contributed by atoms with Crippen LogP contribution in [0, 0.1) is 6.92 Å². The number of amides is 1. The molecular weight excluding hydrogens is 352 g/mol. The molecule has 0 fully saturated rings. The third kappa shape index (κ3) is 5.79. The monoisotopic (exact) mass is 374 g/mol. The SMILES string of the molecule is CC(=O)c1cccc(NC(=O)CN(Cc2cccc(C)c2)S(C)(=O)=O)c1. The number of Topliss-reactive ketones (excluding diaryl/α,β-unsaturated/α-hetero) is 1. The molecule has 0 aliphatic carbocycles. The molecule has 0 saturated heterocycles. The van der Waals surface area contributed by atoms with Crippen LogP contribution >= 0.6 is 0 Å². The molecule has 0 radical (unpaired) electrons. The summed E-state index contributed by atoms with van der Waals surface area (Å²) < 4.78 is 25.2. The van der Waals surface area contributed by atoms with Gasteiger partial charge < -0.3 is 5.32 Å². The zero-order valence-electron chi connectivity index (χ0n) is 15.0. The van der Waals surface area contributed by atoms with E-state index in [2.05, 4.69) is 5.32 Å². The highest BCUT2D eigenvalue weighted by atomic mass is 32.2. The Kier molecular flexibility index (Phi) is 6.28. The first-order chi connectivity index (χ1) is 12.1. The van der Waals surface area contributed by atoms with E-state index in [1.54, 1.807) is 24.3 Å². The minimum absolute atomic E-state index is 0.113. The van der Waals surface area contributed by atoms with Crippen molar-refractivity contribution < 1.29 is 18.0 Å². The second kappa shape index (κ2) is 8.25. The van der Waals surface area contributed by atoms with Crippen LogP contribution < -0.4 is 5.32 Å². The largest absolute Gasteiger partial charge is 0.325 e. The molecule has 0 saturated carbocycles. The molecule has 0 aliphatic heterocycles. The van der Waals surface area contributed by atoms with Gasteiger partial charge >= 0.3 is 0 Å². The van der Waals surface area contributed by atoms with Crippen molar-refractivity contribution in [1.82, 2.24) is 4.31 Å². The summed E-state index contributed by atoms with van der Waals surface area (Å²) in [6.07, 6.45) is 1.08. The number of nitrogens with zero attached hydrogens (tertiary/aromatic N) is 1. The van der Waals surface area contributed by atoms with E-state index < -0.39 is 15.9 Å². The molecule has 0 heterocycles. The molecule has 0 unspecified atom stereocenters. The Labute approximate surface area is 153 Å². The maximum absolute atomic E-state index is 12.3. The van der Waals surface area contributed by atoms with Crippen LogP contribution in [-0.2, 0) is 21.4 Å². The molecule has 0 bridgehead atoms. The maximum atomic E-state index is 12.3. The number of hydrogen-bond acceptors (Lipinski definition) is 4. The smallest absolute Gasteiger partial charge is 0.239 e. The van der Waals surface area contributed by atoms with Crippen molar-refractivity contribution in [3.8, 4) is 0 Å². The Bertz CT molecular complexity index is 923. The van der Waals surface area contributed by atoms with Crippen LogP contribution in [0.15, 0.2) is 48.5 Å². The van der Waals surface area contributed by atoms with Gasteiger partial charge in [0.25, 0.3) is 0 Å². The molecule has 0 spiro atoms. The first-order valence-corrected chi connectivity index (χ1v) is 9.91. The quantitative estimate of drug-likeness (QED) is 0.755. The van der Waals surface area contributed by atoms with E-state index >= 15 is 0 Å². The van der Waals surface area contributed by atoms with E-state index in [-0.39, 0.29) is 18.9 Å². The van der Waals surface area contributed by atoms with Crippen LogP contribution in [0.2, 0.25) is 0 Å². The maximum Gasteiger partial charge on any atom is 0.239 e. The lowest BCUT2D eigenvalue weighted by molar-refractivity contribution is -0.116. The summed E-state index contributed by atoms with van der Waals surface area (Å²) in [6, 6.07) is 14.0. The lowest BCUT2D eigenvalue weighted by Gasteiger charge is -2.20. The summed E-state index contributed by atoms with van der Waals surface area (Å²) in [4.78, 5) is 23.7. The number of carbonyl (C=O) groups is 2. The predicted octanol–water partition coefficient (Wildman–Crippen LogP) is 2.60.